The summed E-state index contributed by atoms with van der Waals surface area (Å²) in [5.74, 6) is -0.0145. The number of benzene rings is 3. The van der Waals surface area contributed by atoms with Crippen LogP contribution in [0.4, 0.5) is 0 Å². The minimum absolute atomic E-state index is 0.0145. The Morgan fingerprint density at radius 3 is 2.22 bits per heavy atom. The standard InChI is InChI=1S/C19H14BClOS/c20-15-7-9-16(10-8-15)23-18-11-6-14(12-17(18)21)19(22)13-4-2-1-3-5-13/h1-12H,20H2. The van der Waals surface area contributed by atoms with E-state index in [0.29, 0.717) is 16.1 Å². The van der Waals surface area contributed by atoms with Crippen molar-refractivity contribution < 1.29 is 4.79 Å². The molecule has 0 aliphatic rings. The second kappa shape index (κ2) is 7.07. The second-order valence-corrected chi connectivity index (χ2v) is 6.78. The smallest absolute Gasteiger partial charge is 0.193 e. The summed E-state index contributed by atoms with van der Waals surface area (Å²) in [5.41, 5.74) is 2.50. The first-order chi connectivity index (χ1) is 11.1. The Morgan fingerprint density at radius 1 is 0.870 bits per heavy atom. The van der Waals surface area contributed by atoms with E-state index in [1.807, 2.05) is 42.5 Å². The number of carbonyl (C=O) groups is 1. The van der Waals surface area contributed by atoms with Gasteiger partial charge in [-0.05, 0) is 30.3 Å². The van der Waals surface area contributed by atoms with Crippen molar-refractivity contribution in [3.63, 3.8) is 0 Å². The third kappa shape index (κ3) is 3.87. The van der Waals surface area contributed by atoms with Crippen LogP contribution in [0.3, 0.4) is 0 Å². The molecule has 0 fully saturated rings. The van der Waals surface area contributed by atoms with Gasteiger partial charge in [0.1, 0.15) is 7.85 Å². The topological polar surface area (TPSA) is 17.1 Å². The molecule has 112 valence electrons. The van der Waals surface area contributed by atoms with Crippen LogP contribution in [-0.2, 0) is 0 Å². The predicted octanol–water partition coefficient (Wildman–Crippen LogP) is 3.98. The highest BCUT2D eigenvalue weighted by Gasteiger charge is 2.11. The van der Waals surface area contributed by atoms with Crippen molar-refractivity contribution in [3.05, 3.63) is 88.9 Å². The molecule has 0 aliphatic carbocycles. The van der Waals surface area contributed by atoms with Gasteiger partial charge in [0.25, 0.3) is 0 Å². The maximum atomic E-state index is 12.4. The number of hydrogen-bond donors (Lipinski definition) is 0. The van der Waals surface area contributed by atoms with Gasteiger partial charge in [0, 0.05) is 20.9 Å². The third-order valence-electron chi connectivity index (χ3n) is 3.48. The molecular formula is C19H14BClOS. The Labute approximate surface area is 146 Å². The number of carbonyl (C=O) groups excluding carboxylic acids is 1. The van der Waals surface area contributed by atoms with Gasteiger partial charge in [-0.3, -0.25) is 4.79 Å². The number of halogens is 1. The van der Waals surface area contributed by atoms with Gasteiger partial charge in [-0.2, -0.15) is 0 Å². The van der Waals surface area contributed by atoms with Crippen molar-refractivity contribution in [2.24, 2.45) is 0 Å². The van der Waals surface area contributed by atoms with Crippen LogP contribution in [0.2, 0.25) is 5.02 Å². The van der Waals surface area contributed by atoms with Gasteiger partial charge >= 0.3 is 0 Å². The molecule has 0 unspecified atom stereocenters. The first kappa shape index (κ1) is 15.9. The molecule has 0 heterocycles. The summed E-state index contributed by atoms with van der Waals surface area (Å²) in [7, 11) is 2.06. The van der Waals surface area contributed by atoms with Gasteiger partial charge in [0.2, 0.25) is 0 Å². The van der Waals surface area contributed by atoms with Crippen LogP contribution in [-0.4, -0.2) is 13.6 Å². The maximum Gasteiger partial charge on any atom is 0.193 e. The molecule has 1 nitrogen and oxygen atoms in total. The van der Waals surface area contributed by atoms with Crippen LogP contribution >= 0.6 is 23.4 Å². The fraction of sp³-hybridized carbons (Fsp3) is 0. The lowest BCUT2D eigenvalue weighted by atomic mass is 9.97. The van der Waals surface area contributed by atoms with Crippen LogP contribution in [0.25, 0.3) is 0 Å². The summed E-state index contributed by atoms with van der Waals surface area (Å²) in [6.45, 7) is 0. The lowest BCUT2D eigenvalue weighted by Gasteiger charge is -2.07. The van der Waals surface area contributed by atoms with E-state index in [0.717, 1.165) is 9.79 Å². The molecule has 0 N–H and O–H groups in total. The first-order valence-corrected chi connectivity index (χ1v) is 8.47. The molecule has 0 atom stereocenters. The van der Waals surface area contributed by atoms with Gasteiger partial charge in [0.15, 0.2) is 5.78 Å². The van der Waals surface area contributed by atoms with Gasteiger partial charge in [-0.1, -0.05) is 71.3 Å². The molecule has 0 saturated carbocycles. The average molecular weight is 337 g/mol. The molecule has 3 rings (SSSR count). The molecule has 4 heteroatoms. The van der Waals surface area contributed by atoms with Crippen LogP contribution < -0.4 is 5.46 Å². The van der Waals surface area contributed by atoms with Gasteiger partial charge in [-0.25, -0.2) is 0 Å². The van der Waals surface area contributed by atoms with Crippen molar-refractivity contribution in [3.8, 4) is 0 Å². The van der Waals surface area contributed by atoms with Gasteiger partial charge in [-0.15, -0.1) is 0 Å². The third-order valence-corrected chi connectivity index (χ3v) is 4.99. The molecule has 0 radical (unpaired) electrons. The molecule has 0 bridgehead atoms. The second-order valence-electron chi connectivity index (χ2n) is 5.26. The molecular weight excluding hydrogens is 323 g/mol. The van der Waals surface area contributed by atoms with Crippen molar-refractivity contribution >= 4 is 42.5 Å². The molecule has 3 aromatic carbocycles. The lowest BCUT2D eigenvalue weighted by molar-refractivity contribution is 0.103. The average Bonchev–Trinajstić information content (AvgIpc) is 2.59. The largest absolute Gasteiger partial charge is 0.289 e. The van der Waals surface area contributed by atoms with Crippen molar-refractivity contribution in [1.82, 2.24) is 0 Å². The summed E-state index contributed by atoms with van der Waals surface area (Å²) in [6.07, 6.45) is 0. The highest BCUT2D eigenvalue weighted by atomic mass is 35.5. The Hall–Kier alpha value is -1.97. The molecule has 0 aromatic heterocycles. The summed E-state index contributed by atoms with van der Waals surface area (Å²) in [6, 6.07) is 23.0. The van der Waals surface area contributed by atoms with Crippen molar-refractivity contribution in [1.29, 1.82) is 0 Å². The Bertz CT molecular complexity index is 832. The zero-order valence-corrected chi connectivity index (χ0v) is 14.2. The minimum atomic E-state index is -0.0145. The monoisotopic (exact) mass is 336 g/mol. The highest BCUT2D eigenvalue weighted by Crippen LogP contribution is 2.33. The molecule has 0 amide bonds. The summed E-state index contributed by atoms with van der Waals surface area (Å²) >= 11 is 7.96. The van der Waals surface area contributed by atoms with E-state index >= 15 is 0 Å². The lowest BCUT2D eigenvalue weighted by Crippen LogP contribution is -2.01. The fourth-order valence-corrected chi connectivity index (χ4v) is 3.33. The number of hydrogen-bond acceptors (Lipinski definition) is 2. The number of ketones is 1. The van der Waals surface area contributed by atoms with E-state index < -0.39 is 0 Å². The summed E-state index contributed by atoms with van der Waals surface area (Å²) < 4.78 is 0. The first-order valence-electron chi connectivity index (χ1n) is 7.27. The maximum absolute atomic E-state index is 12.4. The molecule has 23 heavy (non-hydrogen) atoms. The van der Waals surface area contributed by atoms with E-state index in [1.54, 1.807) is 17.8 Å². The van der Waals surface area contributed by atoms with Crippen LogP contribution in [0, 0.1) is 0 Å². The quantitative estimate of drug-likeness (QED) is 0.529. The SMILES string of the molecule is Bc1ccc(Sc2ccc(C(=O)c3ccccc3)cc2Cl)cc1. The van der Waals surface area contributed by atoms with E-state index in [9.17, 15) is 4.79 Å². The minimum Gasteiger partial charge on any atom is -0.289 e. The van der Waals surface area contributed by atoms with Crippen molar-refractivity contribution in [2.45, 2.75) is 9.79 Å². The van der Waals surface area contributed by atoms with Crippen LogP contribution in [0.15, 0.2) is 82.6 Å². The molecule has 0 spiro atoms. The van der Waals surface area contributed by atoms with Crippen LogP contribution in [0.5, 0.6) is 0 Å². The Kier molecular flexibility index (Phi) is 4.89. The number of rotatable bonds is 4. The summed E-state index contributed by atoms with van der Waals surface area (Å²) in [4.78, 5) is 14.5. The van der Waals surface area contributed by atoms with Gasteiger partial charge in [0.05, 0.1) is 5.02 Å². The molecule has 0 aliphatic heterocycles. The predicted molar refractivity (Wildman–Crippen MR) is 100 cm³/mol. The fourth-order valence-electron chi connectivity index (χ4n) is 2.21. The molecule has 0 saturated heterocycles. The van der Waals surface area contributed by atoms with E-state index in [4.69, 9.17) is 11.6 Å². The zero-order valence-electron chi connectivity index (χ0n) is 12.6. The highest BCUT2D eigenvalue weighted by molar-refractivity contribution is 7.99. The zero-order chi connectivity index (χ0) is 16.2. The Morgan fingerprint density at radius 2 is 1.57 bits per heavy atom. The Balaban J connectivity index is 1.83. The van der Waals surface area contributed by atoms with E-state index in [1.165, 1.54) is 5.46 Å². The normalized spacial score (nSPS) is 10.5. The van der Waals surface area contributed by atoms with E-state index in [-0.39, 0.29) is 5.78 Å². The summed E-state index contributed by atoms with van der Waals surface area (Å²) in [5, 5.41) is 0.595. The van der Waals surface area contributed by atoms with E-state index in [2.05, 4.69) is 32.1 Å². The van der Waals surface area contributed by atoms with Gasteiger partial charge < -0.3 is 0 Å². The van der Waals surface area contributed by atoms with Crippen LogP contribution in [0.1, 0.15) is 15.9 Å². The van der Waals surface area contributed by atoms with Crippen molar-refractivity contribution in [2.75, 3.05) is 0 Å². The molecule has 3 aromatic rings.